The van der Waals surface area contributed by atoms with Crippen LogP contribution < -0.4 is 15.8 Å². The Bertz CT molecular complexity index is 1200. The number of nitrogens with one attached hydrogen (secondary N) is 1. The van der Waals surface area contributed by atoms with E-state index in [1.54, 1.807) is 24.5 Å². The van der Waals surface area contributed by atoms with Crippen LogP contribution in [0.4, 0.5) is 5.82 Å². The van der Waals surface area contributed by atoms with Crippen molar-refractivity contribution in [2.24, 2.45) is 5.92 Å². The summed E-state index contributed by atoms with van der Waals surface area (Å²) < 4.78 is 7.99. The number of hydrogen-bond acceptors (Lipinski definition) is 6. The van der Waals surface area contributed by atoms with Gasteiger partial charge in [-0.3, -0.25) is 9.78 Å². The summed E-state index contributed by atoms with van der Waals surface area (Å²) in [7, 11) is 0. The number of benzene rings is 1. The zero-order valence-electron chi connectivity index (χ0n) is 17.7. The van der Waals surface area contributed by atoms with Crippen molar-refractivity contribution in [1.82, 2.24) is 24.8 Å². The van der Waals surface area contributed by atoms with Crippen LogP contribution in [-0.4, -0.2) is 38.6 Å². The van der Waals surface area contributed by atoms with Crippen LogP contribution in [0.15, 0.2) is 49.1 Å². The van der Waals surface area contributed by atoms with Crippen molar-refractivity contribution < 1.29 is 9.53 Å². The maximum Gasteiger partial charge on any atom is 0.252 e. The first-order valence-electron chi connectivity index (χ1n) is 10.4. The molecular formula is C23H26N6O2. The molecule has 0 saturated heterocycles. The van der Waals surface area contributed by atoms with Gasteiger partial charge in [0, 0.05) is 36.9 Å². The van der Waals surface area contributed by atoms with Gasteiger partial charge >= 0.3 is 0 Å². The number of nitrogen functional groups attached to an aromatic ring is 1. The monoisotopic (exact) mass is 418 g/mol. The highest BCUT2D eigenvalue weighted by Gasteiger charge is 2.14. The van der Waals surface area contributed by atoms with Crippen LogP contribution in [0, 0.1) is 5.92 Å². The second-order valence-electron chi connectivity index (χ2n) is 7.86. The molecule has 0 radical (unpaired) electrons. The van der Waals surface area contributed by atoms with E-state index in [0.717, 1.165) is 28.5 Å². The number of carbonyl (C=O) groups is 1. The molecule has 0 aliphatic rings. The number of nitrogens with two attached hydrogens (primary N) is 1. The molecule has 8 nitrogen and oxygen atoms in total. The van der Waals surface area contributed by atoms with Gasteiger partial charge in [-0.15, -0.1) is 0 Å². The highest BCUT2D eigenvalue weighted by atomic mass is 16.5. The lowest BCUT2D eigenvalue weighted by molar-refractivity contribution is 0.0951. The fourth-order valence-corrected chi connectivity index (χ4v) is 3.52. The van der Waals surface area contributed by atoms with Crippen molar-refractivity contribution in [3.63, 3.8) is 0 Å². The first-order valence-corrected chi connectivity index (χ1v) is 10.4. The fraction of sp³-hybridized carbons (Fsp3) is 0.304. The minimum Gasteiger partial charge on any atom is -0.493 e. The summed E-state index contributed by atoms with van der Waals surface area (Å²) in [5, 5.41) is 3.86. The molecule has 1 amide bonds. The van der Waals surface area contributed by atoms with E-state index < -0.39 is 0 Å². The lowest BCUT2D eigenvalue weighted by atomic mass is 10.1. The molecule has 31 heavy (non-hydrogen) atoms. The van der Waals surface area contributed by atoms with E-state index in [1.807, 2.05) is 24.5 Å². The summed E-state index contributed by atoms with van der Waals surface area (Å²) in [6, 6.07) is 9.30. The van der Waals surface area contributed by atoms with E-state index in [2.05, 4.69) is 38.7 Å². The van der Waals surface area contributed by atoms with Gasteiger partial charge in [-0.2, -0.15) is 0 Å². The number of fused-ring (bicyclic) bond motifs is 3. The predicted octanol–water partition coefficient (Wildman–Crippen LogP) is 3.42. The first kappa shape index (κ1) is 20.6. The lowest BCUT2D eigenvalue weighted by Crippen LogP contribution is -2.25. The number of amides is 1. The standard InChI is InChI=1S/C23H26N6O2/c1-15(2)13-29-14-27-20-21(29)18-7-6-17(11-19(18)28-22(20)24)31-10-4-9-26-23(30)16-5-3-8-25-12-16/h3,5-8,11-12,14-15H,4,9-10,13H2,1-2H3,(H2,24,28)(H,26,30). The van der Waals surface area contributed by atoms with E-state index in [1.165, 1.54) is 0 Å². The van der Waals surface area contributed by atoms with Crippen LogP contribution >= 0.6 is 0 Å². The number of hydrogen-bond donors (Lipinski definition) is 2. The third kappa shape index (κ3) is 4.58. The second kappa shape index (κ2) is 8.99. The van der Waals surface area contributed by atoms with Gasteiger partial charge < -0.3 is 20.4 Å². The summed E-state index contributed by atoms with van der Waals surface area (Å²) >= 11 is 0. The number of imidazole rings is 1. The van der Waals surface area contributed by atoms with Gasteiger partial charge in [0.2, 0.25) is 0 Å². The molecule has 1 aromatic carbocycles. The SMILES string of the molecule is CC(C)Cn1cnc2c(N)nc3cc(OCCCNC(=O)c4cccnc4)ccc3c21. The maximum absolute atomic E-state index is 12.0. The van der Waals surface area contributed by atoms with Crippen LogP contribution in [0.3, 0.4) is 0 Å². The van der Waals surface area contributed by atoms with Crippen LogP contribution in [0.5, 0.6) is 5.75 Å². The molecule has 0 fully saturated rings. The van der Waals surface area contributed by atoms with Gasteiger partial charge in [0.05, 0.1) is 29.5 Å². The Morgan fingerprint density at radius 1 is 1.29 bits per heavy atom. The molecule has 3 N–H and O–H groups in total. The van der Waals surface area contributed by atoms with Crippen molar-refractivity contribution in [2.45, 2.75) is 26.8 Å². The zero-order chi connectivity index (χ0) is 21.8. The zero-order valence-corrected chi connectivity index (χ0v) is 17.7. The van der Waals surface area contributed by atoms with Crippen LogP contribution in [0.1, 0.15) is 30.6 Å². The number of rotatable bonds is 8. The summed E-state index contributed by atoms with van der Waals surface area (Å²) in [6.45, 7) is 6.19. The number of aromatic nitrogens is 4. The Morgan fingerprint density at radius 3 is 2.94 bits per heavy atom. The molecule has 0 atom stereocenters. The molecule has 4 aromatic rings. The quantitative estimate of drug-likeness (QED) is 0.425. The smallest absolute Gasteiger partial charge is 0.252 e. The van der Waals surface area contributed by atoms with Crippen molar-refractivity contribution in [2.75, 3.05) is 18.9 Å². The molecule has 3 aromatic heterocycles. The van der Waals surface area contributed by atoms with Crippen molar-refractivity contribution in [1.29, 1.82) is 0 Å². The van der Waals surface area contributed by atoms with Crippen LogP contribution in [0.2, 0.25) is 0 Å². The third-order valence-corrected chi connectivity index (χ3v) is 4.91. The Kier molecular flexibility index (Phi) is 5.97. The average molecular weight is 419 g/mol. The normalized spacial score (nSPS) is 11.3. The first-order chi connectivity index (χ1) is 15.0. The molecule has 160 valence electrons. The van der Waals surface area contributed by atoms with E-state index in [0.29, 0.717) is 42.6 Å². The topological polar surface area (TPSA) is 108 Å². The lowest BCUT2D eigenvalue weighted by Gasteiger charge is -2.11. The van der Waals surface area contributed by atoms with E-state index >= 15 is 0 Å². The molecule has 8 heteroatoms. The van der Waals surface area contributed by atoms with E-state index in [4.69, 9.17) is 10.5 Å². The van der Waals surface area contributed by atoms with Gasteiger partial charge in [-0.1, -0.05) is 13.8 Å². The molecule has 0 saturated carbocycles. The number of anilines is 1. The van der Waals surface area contributed by atoms with Gasteiger partial charge in [-0.25, -0.2) is 9.97 Å². The van der Waals surface area contributed by atoms with Gasteiger partial charge in [0.15, 0.2) is 5.82 Å². The van der Waals surface area contributed by atoms with Crippen molar-refractivity contribution in [3.05, 3.63) is 54.6 Å². The molecule has 3 heterocycles. The molecular weight excluding hydrogens is 392 g/mol. The van der Waals surface area contributed by atoms with Crippen molar-refractivity contribution in [3.8, 4) is 5.75 Å². The molecule has 0 spiro atoms. The summed E-state index contributed by atoms with van der Waals surface area (Å²) in [6.07, 6.45) is 5.69. The van der Waals surface area contributed by atoms with Gasteiger partial charge in [0.25, 0.3) is 5.91 Å². The van der Waals surface area contributed by atoms with Crippen LogP contribution in [-0.2, 0) is 6.54 Å². The van der Waals surface area contributed by atoms with E-state index in [-0.39, 0.29) is 5.91 Å². The largest absolute Gasteiger partial charge is 0.493 e. The second-order valence-corrected chi connectivity index (χ2v) is 7.86. The summed E-state index contributed by atoms with van der Waals surface area (Å²) in [4.78, 5) is 24.9. The van der Waals surface area contributed by atoms with Gasteiger partial charge in [-0.05, 0) is 36.6 Å². The molecule has 0 aliphatic carbocycles. The Morgan fingerprint density at radius 2 is 2.16 bits per heavy atom. The minimum atomic E-state index is -0.138. The maximum atomic E-state index is 12.0. The highest BCUT2D eigenvalue weighted by molar-refractivity contribution is 6.06. The van der Waals surface area contributed by atoms with Crippen LogP contribution in [0.25, 0.3) is 21.9 Å². The third-order valence-electron chi connectivity index (χ3n) is 4.91. The van der Waals surface area contributed by atoms with Crippen molar-refractivity contribution >= 4 is 33.7 Å². The average Bonchev–Trinajstić information content (AvgIpc) is 3.17. The minimum absolute atomic E-state index is 0.138. The van der Waals surface area contributed by atoms with E-state index in [9.17, 15) is 4.79 Å². The number of nitrogens with zero attached hydrogens (tertiary/aromatic N) is 4. The Balaban J connectivity index is 1.41. The predicted molar refractivity (Wildman–Crippen MR) is 121 cm³/mol. The summed E-state index contributed by atoms with van der Waals surface area (Å²) in [5.74, 6) is 1.48. The molecule has 0 aliphatic heterocycles. The Hall–Kier alpha value is -3.68. The number of carbonyl (C=O) groups excluding carboxylic acids is 1. The molecule has 0 unspecified atom stereocenters. The Labute approximate surface area is 180 Å². The molecule has 0 bridgehead atoms. The fourth-order valence-electron chi connectivity index (χ4n) is 3.52. The van der Waals surface area contributed by atoms with Gasteiger partial charge in [0.1, 0.15) is 11.3 Å². The molecule has 4 rings (SSSR count). The number of pyridine rings is 2. The number of ether oxygens (including phenoxy) is 1. The highest BCUT2D eigenvalue weighted by Crippen LogP contribution is 2.30. The summed E-state index contributed by atoms with van der Waals surface area (Å²) in [5.41, 5.74) is 9.21.